The molecule has 110 valence electrons. The second-order valence-electron chi connectivity index (χ2n) is 4.85. The Bertz CT molecular complexity index is 692. The van der Waals surface area contributed by atoms with E-state index in [9.17, 15) is 0 Å². The third-order valence-electron chi connectivity index (χ3n) is 3.32. The van der Waals surface area contributed by atoms with E-state index in [2.05, 4.69) is 10.1 Å². The van der Waals surface area contributed by atoms with Gasteiger partial charge in [-0.3, -0.25) is 0 Å². The van der Waals surface area contributed by atoms with Crippen molar-refractivity contribution in [3.05, 3.63) is 66.6 Å². The normalized spacial score (nSPS) is 11.1. The summed E-state index contributed by atoms with van der Waals surface area (Å²) in [6, 6.07) is 19.9. The molecule has 1 heterocycles. The van der Waals surface area contributed by atoms with E-state index in [0.717, 1.165) is 22.6 Å². The van der Waals surface area contributed by atoms with Crippen LogP contribution in [0.3, 0.4) is 0 Å². The number of hydrogen-bond acceptors (Lipinski definition) is 4. The van der Waals surface area contributed by atoms with Crippen molar-refractivity contribution in [3.63, 3.8) is 0 Å². The van der Waals surface area contributed by atoms with Gasteiger partial charge in [-0.25, -0.2) is 4.98 Å². The fourth-order valence-corrected chi connectivity index (χ4v) is 2.29. The summed E-state index contributed by atoms with van der Waals surface area (Å²) in [4.78, 5) is 4.62. The maximum absolute atomic E-state index is 8.48. The van der Waals surface area contributed by atoms with E-state index in [1.807, 2.05) is 60.7 Å². The van der Waals surface area contributed by atoms with E-state index >= 15 is 0 Å². The standard InChI is InChI=1S/C18H16N2O2/c21-19-13-7-12-16-20-17(14-8-3-1-4-9-14)18(22-16)15-10-5-2-6-11-15/h1-6,8-11,13,21H,7,12H2/b19-13+. The molecule has 0 saturated heterocycles. The molecule has 1 N–H and O–H groups in total. The topological polar surface area (TPSA) is 58.6 Å². The number of rotatable bonds is 5. The summed E-state index contributed by atoms with van der Waals surface area (Å²) in [6.07, 6.45) is 2.62. The highest BCUT2D eigenvalue weighted by Gasteiger charge is 2.16. The van der Waals surface area contributed by atoms with E-state index in [-0.39, 0.29) is 0 Å². The zero-order valence-corrected chi connectivity index (χ0v) is 12.0. The van der Waals surface area contributed by atoms with Crippen molar-refractivity contribution in [2.45, 2.75) is 12.8 Å². The third-order valence-corrected chi connectivity index (χ3v) is 3.32. The first-order chi connectivity index (χ1) is 10.9. The first-order valence-electron chi connectivity index (χ1n) is 7.15. The minimum absolute atomic E-state index is 0.583. The van der Waals surface area contributed by atoms with Gasteiger partial charge in [-0.05, 0) is 6.42 Å². The molecule has 0 aliphatic carbocycles. The van der Waals surface area contributed by atoms with Crippen LogP contribution in [0.5, 0.6) is 0 Å². The van der Waals surface area contributed by atoms with Crippen LogP contribution >= 0.6 is 0 Å². The van der Waals surface area contributed by atoms with Gasteiger partial charge in [0, 0.05) is 23.8 Å². The van der Waals surface area contributed by atoms with Gasteiger partial charge in [0.15, 0.2) is 11.7 Å². The van der Waals surface area contributed by atoms with Gasteiger partial charge in [0.1, 0.15) is 5.69 Å². The Balaban J connectivity index is 2.02. The molecule has 3 rings (SSSR count). The summed E-state index contributed by atoms with van der Waals surface area (Å²) in [5, 5.41) is 11.5. The van der Waals surface area contributed by atoms with Gasteiger partial charge < -0.3 is 9.62 Å². The van der Waals surface area contributed by atoms with Crippen LogP contribution < -0.4 is 0 Å². The molecule has 0 radical (unpaired) electrons. The molecule has 0 spiro atoms. The third kappa shape index (κ3) is 3.06. The van der Waals surface area contributed by atoms with Gasteiger partial charge in [0.05, 0.1) is 0 Å². The van der Waals surface area contributed by atoms with Gasteiger partial charge in [-0.2, -0.15) is 0 Å². The SMILES string of the molecule is O/N=C/CCc1nc(-c2ccccc2)c(-c2ccccc2)o1. The molecule has 22 heavy (non-hydrogen) atoms. The Kier molecular flexibility index (Phi) is 4.30. The van der Waals surface area contributed by atoms with Crippen molar-refractivity contribution in [2.75, 3.05) is 0 Å². The van der Waals surface area contributed by atoms with Crippen LogP contribution in [0.15, 0.2) is 70.2 Å². The monoisotopic (exact) mass is 292 g/mol. The predicted octanol–water partition coefficient (Wildman–Crippen LogP) is 4.40. The number of oxazole rings is 1. The minimum Gasteiger partial charge on any atom is -0.440 e. The van der Waals surface area contributed by atoms with Crippen molar-refractivity contribution in [3.8, 4) is 22.6 Å². The van der Waals surface area contributed by atoms with E-state index in [0.29, 0.717) is 18.7 Å². The summed E-state index contributed by atoms with van der Waals surface area (Å²) in [5.41, 5.74) is 2.85. The molecule has 0 aliphatic heterocycles. The van der Waals surface area contributed by atoms with Crippen molar-refractivity contribution >= 4 is 6.21 Å². The molecule has 1 aromatic heterocycles. The Morgan fingerprint density at radius 1 is 0.955 bits per heavy atom. The number of oxime groups is 1. The van der Waals surface area contributed by atoms with Crippen molar-refractivity contribution < 1.29 is 9.62 Å². The number of aryl methyl sites for hydroxylation is 1. The Hall–Kier alpha value is -2.88. The summed E-state index contributed by atoms with van der Waals surface area (Å²) < 4.78 is 5.95. The van der Waals surface area contributed by atoms with Gasteiger partial charge in [0.2, 0.25) is 0 Å². The lowest BCUT2D eigenvalue weighted by molar-refractivity contribution is 0.320. The smallest absolute Gasteiger partial charge is 0.195 e. The van der Waals surface area contributed by atoms with Gasteiger partial charge in [-0.1, -0.05) is 60.7 Å². The average Bonchev–Trinajstić information content (AvgIpc) is 3.01. The summed E-state index contributed by atoms with van der Waals surface area (Å²) in [5.74, 6) is 1.40. The molecule has 0 saturated carbocycles. The molecule has 4 nitrogen and oxygen atoms in total. The lowest BCUT2D eigenvalue weighted by Gasteiger charge is -2.00. The molecule has 2 aromatic carbocycles. The molecule has 0 amide bonds. The lowest BCUT2D eigenvalue weighted by atomic mass is 10.1. The molecule has 0 unspecified atom stereocenters. The molecule has 0 atom stereocenters. The van der Waals surface area contributed by atoms with E-state index in [1.165, 1.54) is 6.21 Å². The zero-order valence-electron chi connectivity index (χ0n) is 12.0. The molecule has 0 aliphatic rings. The molecule has 3 aromatic rings. The number of nitrogens with zero attached hydrogens (tertiary/aromatic N) is 2. The molecule has 0 bridgehead atoms. The molecule has 0 fully saturated rings. The second kappa shape index (κ2) is 6.72. The van der Waals surface area contributed by atoms with Crippen molar-refractivity contribution in [2.24, 2.45) is 5.16 Å². The van der Waals surface area contributed by atoms with Gasteiger partial charge >= 0.3 is 0 Å². The molecular weight excluding hydrogens is 276 g/mol. The highest BCUT2D eigenvalue weighted by Crippen LogP contribution is 2.32. The second-order valence-corrected chi connectivity index (χ2v) is 4.85. The van der Waals surface area contributed by atoms with Crippen LogP contribution in [-0.4, -0.2) is 16.4 Å². The highest BCUT2D eigenvalue weighted by molar-refractivity contribution is 5.76. The zero-order chi connectivity index (χ0) is 15.2. The van der Waals surface area contributed by atoms with Crippen LogP contribution in [0.4, 0.5) is 0 Å². The number of aromatic nitrogens is 1. The Morgan fingerprint density at radius 2 is 1.59 bits per heavy atom. The quantitative estimate of drug-likeness (QED) is 0.431. The lowest BCUT2D eigenvalue weighted by Crippen LogP contribution is -1.86. The maximum Gasteiger partial charge on any atom is 0.195 e. The molecular formula is C18H16N2O2. The summed E-state index contributed by atoms with van der Waals surface area (Å²) in [7, 11) is 0. The molecule has 4 heteroatoms. The van der Waals surface area contributed by atoms with E-state index in [1.54, 1.807) is 0 Å². The summed E-state index contributed by atoms with van der Waals surface area (Å²) in [6.45, 7) is 0. The number of hydrogen-bond donors (Lipinski definition) is 1. The first kappa shape index (κ1) is 14.1. The van der Waals surface area contributed by atoms with Crippen molar-refractivity contribution in [1.82, 2.24) is 4.98 Å². The van der Waals surface area contributed by atoms with E-state index in [4.69, 9.17) is 9.62 Å². The minimum atomic E-state index is 0.583. The Labute approximate surface area is 128 Å². The van der Waals surface area contributed by atoms with Crippen molar-refractivity contribution in [1.29, 1.82) is 0 Å². The summed E-state index contributed by atoms with van der Waals surface area (Å²) >= 11 is 0. The first-order valence-corrected chi connectivity index (χ1v) is 7.15. The fourth-order valence-electron chi connectivity index (χ4n) is 2.29. The Morgan fingerprint density at radius 3 is 2.23 bits per heavy atom. The average molecular weight is 292 g/mol. The highest BCUT2D eigenvalue weighted by atomic mass is 16.4. The van der Waals surface area contributed by atoms with Crippen LogP contribution in [0.2, 0.25) is 0 Å². The van der Waals surface area contributed by atoms with Gasteiger partial charge in [-0.15, -0.1) is 5.16 Å². The number of benzene rings is 2. The van der Waals surface area contributed by atoms with Crippen LogP contribution in [0, 0.1) is 0 Å². The largest absolute Gasteiger partial charge is 0.440 e. The fraction of sp³-hybridized carbons (Fsp3) is 0.111. The van der Waals surface area contributed by atoms with Crippen LogP contribution in [0.1, 0.15) is 12.3 Å². The van der Waals surface area contributed by atoms with Crippen LogP contribution in [-0.2, 0) is 6.42 Å². The van der Waals surface area contributed by atoms with Gasteiger partial charge in [0.25, 0.3) is 0 Å². The maximum atomic E-state index is 8.48. The van der Waals surface area contributed by atoms with E-state index < -0.39 is 0 Å². The van der Waals surface area contributed by atoms with Crippen LogP contribution in [0.25, 0.3) is 22.6 Å². The predicted molar refractivity (Wildman–Crippen MR) is 86.0 cm³/mol.